The average Bonchev–Trinajstić information content (AvgIpc) is 2.26. The number of esters is 1. The Kier molecular flexibility index (Phi) is 7.39. The molecule has 0 saturated heterocycles. The van der Waals surface area contributed by atoms with Crippen molar-refractivity contribution < 1.29 is 9.53 Å². The van der Waals surface area contributed by atoms with Crippen LogP contribution in [0, 0.1) is 0 Å². The number of nitrogens with zero attached hydrogens (tertiary/aromatic N) is 1. The number of nitrogens with one attached hydrogen (secondary N) is 1. The highest BCUT2D eigenvalue weighted by Crippen LogP contribution is 2.11. The summed E-state index contributed by atoms with van der Waals surface area (Å²) in [6.45, 7) is 12.0. The van der Waals surface area contributed by atoms with Gasteiger partial charge in [-0.2, -0.15) is 0 Å². The van der Waals surface area contributed by atoms with Crippen molar-refractivity contribution in [2.45, 2.75) is 52.6 Å². The van der Waals surface area contributed by atoms with Gasteiger partial charge >= 0.3 is 5.97 Å². The SMILES string of the molecule is CCCNC(C)(CN(C)C(C)C)C(=O)OCC. The van der Waals surface area contributed by atoms with Gasteiger partial charge in [0, 0.05) is 12.6 Å². The summed E-state index contributed by atoms with van der Waals surface area (Å²) in [6.07, 6.45) is 1.00. The molecular formula is C13H28N2O2. The topological polar surface area (TPSA) is 41.6 Å². The molecule has 0 aromatic heterocycles. The van der Waals surface area contributed by atoms with Gasteiger partial charge in [-0.15, -0.1) is 0 Å². The molecule has 102 valence electrons. The van der Waals surface area contributed by atoms with Crippen molar-refractivity contribution in [3.05, 3.63) is 0 Å². The fourth-order valence-corrected chi connectivity index (χ4v) is 1.57. The predicted octanol–water partition coefficient (Wildman–Crippen LogP) is 1.65. The van der Waals surface area contributed by atoms with Crippen molar-refractivity contribution in [1.29, 1.82) is 0 Å². The maximum absolute atomic E-state index is 12.0. The van der Waals surface area contributed by atoms with E-state index in [1.54, 1.807) is 0 Å². The lowest BCUT2D eigenvalue weighted by atomic mass is 10.0. The van der Waals surface area contributed by atoms with Crippen molar-refractivity contribution in [2.75, 3.05) is 26.7 Å². The number of hydrogen-bond donors (Lipinski definition) is 1. The van der Waals surface area contributed by atoms with Crippen LogP contribution in [0.1, 0.15) is 41.0 Å². The van der Waals surface area contributed by atoms with E-state index < -0.39 is 5.54 Å². The molecular weight excluding hydrogens is 216 g/mol. The third-order valence-electron chi connectivity index (χ3n) is 2.94. The van der Waals surface area contributed by atoms with E-state index in [4.69, 9.17) is 4.74 Å². The van der Waals surface area contributed by atoms with Gasteiger partial charge in [-0.25, -0.2) is 0 Å². The van der Waals surface area contributed by atoms with Crippen LogP contribution in [-0.4, -0.2) is 49.2 Å². The number of carbonyl (C=O) groups is 1. The number of rotatable bonds is 8. The molecule has 1 atom stereocenters. The molecule has 0 bridgehead atoms. The van der Waals surface area contributed by atoms with E-state index in [1.165, 1.54) is 0 Å². The Morgan fingerprint density at radius 1 is 1.41 bits per heavy atom. The molecule has 0 heterocycles. The Morgan fingerprint density at radius 2 is 2.00 bits per heavy atom. The van der Waals surface area contributed by atoms with E-state index in [0.717, 1.165) is 13.0 Å². The monoisotopic (exact) mass is 244 g/mol. The van der Waals surface area contributed by atoms with Crippen LogP contribution in [0.2, 0.25) is 0 Å². The molecule has 0 aliphatic carbocycles. The van der Waals surface area contributed by atoms with E-state index in [0.29, 0.717) is 19.2 Å². The zero-order chi connectivity index (χ0) is 13.5. The largest absolute Gasteiger partial charge is 0.465 e. The first-order valence-electron chi connectivity index (χ1n) is 6.49. The first-order valence-corrected chi connectivity index (χ1v) is 6.49. The third kappa shape index (κ3) is 5.50. The lowest BCUT2D eigenvalue weighted by Crippen LogP contribution is -2.58. The molecule has 0 aliphatic heterocycles. The van der Waals surface area contributed by atoms with Crippen LogP contribution >= 0.6 is 0 Å². The van der Waals surface area contributed by atoms with Crippen LogP contribution in [0.15, 0.2) is 0 Å². The summed E-state index contributed by atoms with van der Waals surface area (Å²) in [6, 6.07) is 0.409. The van der Waals surface area contributed by atoms with Crippen LogP contribution in [0.4, 0.5) is 0 Å². The first-order chi connectivity index (χ1) is 7.87. The molecule has 1 unspecified atom stereocenters. The van der Waals surface area contributed by atoms with E-state index in [9.17, 15) is 4.79 Å². The third-order valence-corrected chi connectivity index (χ3v) is 2.94. The second kappa shape index (κ2) is 7.67. The van der Waals surface area contributed by atoms with Crippen molar-refractivity contribution in [1.82, 2.24) is 10.2 Å². The molecule has 4 heteroatoms. The first kappa shape index (κ1) is 16.4. The molecule has 0 rings (SSSR count). The molecule has 0 saturated carbocycles. The lowest BCUT2D eigenvalue weighted by molar-refractivity contribution is -0.151. The smallest absolute Gasteiger partial charge is 0.327 e. The Bertz CT molecular complexity index is 231. The highest BCUT2D eigenvalue weighted by Gasteiger charge is 2.35. The van der Waals surface area contributed by atoms with Gasteiger partial charge in [0.25, 0.3) is 0 Å². The maximum atomic E-state index is 12.0. The minimum Gasteiger partial charge on any atom is -0.465 e. The van der Waals surface area contributed by atoms with Gasteiger partial charge in [-0.05, 0) is 47.7 Å². The molecule has 0 aliphatic rings. The Morgan fingerprint density at radius 3 is 2.41 bits per heavy atom. The van der Waals surface area contributed by atoms with Gasteiger partial charge in [0.05, 0.1) is 6.61 Å². The minimum atomic E-state index is -0.620. The van der Waals surface area contributed by atoms with Crippen LogP contribution in [0.3, 0.4) is 0 Å². The molecule has 1 N–H and O–H groups in total. The molecule has 0 aromatic rings. The van der Waals surface area contributed by atoms with E-state index in [2.05, 4.69) is 31.0 Å². The predicted molar refractivity (Wildman–Crippen MR) is 71.1 cm³/mol. The fourth-order valence-electron chi connectivity index (χ4n) is 1.57. The zero-order valence-electron chi connectivity index (χ0n) is 12.2. The second-order valence-electron chi connectivity index (χ2n) is 4.99. The highest BCUT2D eigenvalue weighted by atomic mass is 16.5. The second-order valence-corrected chi connectivity index (χ2v) is 4.99. The van der Waals surface area contributed by atoms with Gasteiger partial charge in [-0.3, -0.25) is 4.79 Å². The Hall–Kier alpha value is -0.610. The molecule has 4 nitrogen and oxygen atoms in total. The highest BCUT2D eigenvalue weighted by molar-refractivity contribution is 5.80. The summed E-state index contributed by atoms with van der Waals surface area (Å²) in [7, 11) is 2.02. The van der Waals surface area contributed by atoms with Crippen LogP contribution in [0.5, 0.6) is 0 Å². The molecule has 0 spiro atoms. The maximum Gasteiger partial charge on any atom is 0.327 e. The summed E-state index contributed by atoms with van der Waals surface area (Å²) in [5, 5.41) is 3.30. The van der Waals surface area contributed by atoms with Gasteiger partial charge in [0.2, 0.25) is 0 Å². The Balaban J connectivity index is 4.64. The van der Waals surface area contributed by atoms with Crippen LogP contribution in [-0.2, 0) is 9.53 Å². The zero-order valence-corrected chi connectivity index (χ0v) is 12.2. The summed E-state index contributed by atoms with van der Waals surface area (Å²) in [5.41, 5.74) is -0.620. The number of likely N-dealkylation sites (N-methyl/N-ethyl adjacent to an activating group) is 1. The number of carbonyl (C=O) groups excluding carboxylic acids is 1. The fraction of sp³-hybridized carbons (Fsp3) is 0.923. The quantitative estimate of drug-likeness (QED) is 0.659. The number of ether oxygens (including phenoxy) is 1. The molecule has 0 amide bonds. The van der Waals surface area contributed by atoms with Crippen LogP contribution < -0.4 is 5.32 Å². The lowest BCUT2D eigenvalue weighted by Gasteiger charge is -2.34. The normalized spacial score (nSPS) is 15.1. The number of hydrogen-bond acceptors (Lipinski definition) is 4. The molecule has 17 heavy (non-hydrogen) atoms. The van der Waals surface area contributed by atoms with Gasteiger partial charge in [0.15, 0.2) is 0 Å². The van der Waals surface area contributed by atoms with Gasteiger partial charge in [-0.1, -0.05) is 6.92 Å². The minimum absolute atomic E-state index is 0.166. The molecule has 0 radical (unpaired) electrons. The van der Waals surface area contributed by atoms with Crippen molar-refractivity contribution in [3.8, 4) is 0 Å². The van der Waals surface area contributed by atoms with Gasteiger partial charge in [0.1, 0.15) is 5.54 Å². The van der Waals surface area contributed by atoms with Crippen molar-refractivity contribution in [2.24, 2.45) is 0 Å². The summed E-state index contributed by atoms with van der Waals surface area (Å²) >= 11 is 0. The van der Waals surface area contributed by atoms with Crippen molar-refractivity contribution >= 4 is 5.97 Å². The summed E-state index contributed by atoms with van der Waals surface area (Å²) in [4.78, 5) is 14.2. The van der Waals surface area contributed by atoms with Crippen LogP contribution in [0.25, 0.3) is 0 Å². The summed E-state index contributed by atoms with van der Waals surface area (Å²) in [5.74, 6) is -0.166. The van der Waals surface area contributed by atoms with E-state index in [-0.39, 0.29) is 5.97 Å². The van der Waals surface area contributed by atoms with Crippen molar-refractivity contribution in [3.63, 3.8) is 0 Å². The van der Waals surface area contributed by atoms with E-state index in [1.807, 2.05) is 20.9 Å². The van der Waals surface area contributed by atoms with E-state index >= 15 is 0 Å². The van der Waals surface area contributed by atoms with Gasteiger partial charge < -0.3 is 15.0 Å². The molecule has 0 fully saturated rings. The summed E-state index contributed by atoms with van der Waals surface area (Å²) < 4.78 is 5.16. The average molecular weight is 244 g/mol. The standard InChI is InChI=1S/C13H28N2O2/c1-7-9-14-13(5,12(16)17-8-2)10-15(6)11(3)4/h11,14H,7-10H2,1-6H3. The Labute approximate surface area is 106 Å². The molecule has 0 aromatic carbocycles.